The van der Waals surface area contributed by atoms with Crippen LogP contribution >= 0.6 is 0 Å². The van der Waals surface area contributed by atoms with Crippen molar-refractivity contribution in [1.29, 1.82) is 0 Å². The second-order valence-corrected chi connectivity index (χ2v) is 5.66. The first-order valence-corrected chi connectivity index (χ1v) is 7.68. The summed E-state index contributed by atoms with van der Waals surface area (Å²) in [6.07, 6.45) is -7.67. The second-order valence-electron chi connectivity index (χ2n) is 5.66. The Morgan fingerprint density at radius 2 is 1.72 bits per heavy atom. The number of aromatic nitrogens is 4. The number of nitrogens with zero attached hydrogens (tertiary/aromatic N) is 4. The highest BCUT2D eigenvalue weighted by atomic mass is 19.4. The van der Waals surface area contributed by atoms with Crippen molar-refractivity contribution in [1.82, 2.24) is 19.7 Å². The van der Waals surface area contributed by atoms with Crippen LogP contribution in [0.1, 0.15) is 11.1 Å². The van der Waals surface area contributed by atoms with E-state index in [9.17, 15) is 31.1 Å². The third-order valence-corrected chi connectivity index (χ3v) is 3.64. The van der Waals surface area contributed by atoms with E-state index in [1.54, 1.807) is 0 Å². The molecule has 0 saturated heterocycles. The Hall–Kier alpha value is -3.64. The van der Waals surface area contributed by atoms with Crippen LogP contribution < -0.4 is 11.1 Å². The van der Waals surface area contributed by atoms with Gasteiger partial charge in [0.05, 0.1) is 16.8 Å². The highest BCUT2D eigenvalue weighted by Crippen LogP contribution is 2.37. The van der Waals surface area contributed by atoms with Crippen LogP contribution in [0.25, 0.3) is 17.2 Å². The molecule has 0 spiro atoms. The van der Waals surface area contributed by atoms with E-state index in [1.165, 1.54) is 6.07 Å². The number of hydrogen-bond donors (Lipinski definition) is 2. The SMILES string of the molecule is NC(=O)Nc1ccc(-c2ncn(-c3ccc(C(F)(F)F)cn3)n2)cc1C(F)(F)F. The summed E-state index contributed by atoms with van der Waals surface area (Å²) in [5.41, 5.74) is 2.15. The van der Waals surface area contributed by atoms with Crippen LogP contribution in [0.5, 0.6) is 0 Å². The molecular weight excluding hydrogens is 406 g/mol. The summed E-state index contributed by atoms with van der Waals surface area (Å²) in [6, 6.07) is 3.59. The number of nitrogens with two attached hydrogens (primary N) is 1. The fourth-order valence-electron chi connectivity index (χ4n) is 2.35. The molecule has 0 radical (unpaired) electrons. The molecule has 152 valence electrons. The Labute approximate surface area is 158 Å². The van der Waals surface area contributed by atoms with Gasteiger partial charge in [-0.05, 0) is 30.3 Å². The summed E-state index contributed by atoms with van der Waals surface area (Å²) in [7, 11) is 0. The van der Waals surface area contributed by atoms with Gasteiger partial charge in [-0.1, -0.05) is 0 Å². The van der Waals surface area contributed by atoms with E-state index in [-0.39, 0.29) is 17.2 Å². The second kappa shape index (κ2) is 7.07. The van der Waals surface area contributed by atoms with Crippen molar-refractivity contribution in [3.8, 4) is 17.2 Å². The van der Waals surface area contributed by atoms with E-state index >= 15 is 0 Å². The molecule has 0 bridgehead atoms. The first-order valence-electron chi connectivity index (χ1n) is 7.68. The number of hydrogen-bond acceptors (Lipinski definition) is 4. The van der Waals surface area contributed by atoms with Crippen LogP contribution in [0.2, 0.25) is 0 Å². The molecule has 0 aliphatic rings. The number of nitrogens with one attached hydrogen (secondary N) is 1. The highest BCUT2D eigenvalue weighted by molar-refractivity contribution is 5.89. The summed E-state index contributed by atoms with van der Waals surface area (Å²) < 4.78 is 78.6. The number of urea groups is 1. The zero-order valence-electron chi connectivity index (χ0n) is 14.1. The van der Waals surface area contributed by atoms with Gasteiger partial charge in [0.25, 0.3) is 0 Å². The standard InChI is InChI=1S/C16H10F6N6O/c17-15(18,19)9-2-4-12(24-6-9)28-7-25-13(27-28)8-1-3-11(26-14(23)29)10(5-8)16(20,21)22/h1-7H,(H3,23,26,29). The number of primary amides is 1. The highest BCUT2D eigenvalue weighted by Gasteiger charge is 2.34. The van der Waals surface area contributed by atoms with Gasteiger partial charge < -0.3 is 11.1 Å². The quantitative estimate of drug-likeness (QED) is 0.634. The average Bonchev–Trinajstić information content (AvgIpc) is 3.10. The molecule has 1 aromatic carbocycles. The zero-order valence-corrected chi connectivity index (χ0v) is 14.1. The van der Waals surface area contributed by atoms with Crippen LogP contribution in [0.15, 0.2) is 42.9 Å². The monoisotopic (exact) mass is 416 g/mol. The number of carbonyl (C=O) groups excluding carboxylic acids is 1. The minimum absolute atomic E-state index is 0.0141. The number of benzene rings is 1. The Kier molecular flexibility index (Phi) is 4.90. The lowest BCUT2D eigenvalue weighted by molar-refractivity contribution is -0.138. The van der Waals surface area contributed by atoms with Crippen molar-refractivity contribution in [3.05, 3.63) is 54.0 Å². The van der Waals surface area contributed by atoms with Gasteiger partial charge in [0, 0.05) is 11.8 Å². The van der Waals surface area contributed by atoms with Crippen molar-refractivity contribution in [3.63, 3.8) is 0 Å². The molecule has 2 aromatic heterocycles. The number of halogens is 6. The number of carbonyl (C=O) groups is 1. The minimum atomic E-state index is -4.80. The van der Waals surface area contributed by atoms with Gasteiger partial charge in [-0.3, -0.25) is 0 Å². The van der Waals surface area contributed by atoms with E-state index in [0.717, 1.165) is 29.2 Å². The number of rotatable bonds is 3. The maximum absolute atomic E-state index is 13.3. The molecule has 0 aliphatic carbocycles. The van der Waals surface area contributed by atoms with E-state index in [0.29, 0.717) is 12.3 Å². The van der Waals surface area contributed by atoms with E-state index in [2.05, 4.69) is 15.1 Å². The van der Waals surface area contributed by atoms with Gasteiger partial charge in [-0.25, -0.2) is 19.4 Å². The summed E-state index contributed by atoms with van der Waals surface area (Å²) in [5.74, 6) is -0.150. The smallest absolute Gasteiger partial charge is 0.351 e. The predicted octanol–water partition coefficient (Wildman–Crippen LogP) is 3.86. The van der Waals surface area contributed by atoms with Crippen LogP contribution in [-0.4, -0.2) is 25.8 Å². The summed E-state index contributed by atoms with van der Waals surface area (Å²) in [5, 5.41) is 5.82. The molecule has 0 atom stereocenters. The molecular formula is C16H10F6N6O. The molecule has 3 rings (SSSR count). The minimum Gasteiger partial charge on any atom is -0.351 e. The summed E-state index contributed by atoms with van der Waals surface area (Å²) in [4.78, 5) is 18.4. The van der Waals surface area contributed by atoms with Gasteiger partial charge in [0.2, 0.25) is 0 Å². The zero-order chi connectivity index (χ0) is 21.4. The predicted molar refractivity (Wildman–Crippen MR) is 87.8 cm³/mol. The fraction of sp³-hybridized carbons (Fsp3) is 0.125. The van der Waals surface area contributed by atoms with Crippen molar-refractivity contribution < 1.29 is 31.1 Å². The summed E-state index contributed by atoms with van der Waals surface area (Å²) >= 11 is 0. The third-order valence-electron chi connectivity index (χ3n) is 3.64. The molecule has 0 saturated carbocycles. The average molecular weight is 416 g/mol. The molecule has 3 N–H and O–H groups in total. The fourth-order valence-corrected chi connectivity index (χ4v) is 2.35. The lowest BCUT2D eigenvalue weighted by Gasteiger charge is -2.13. The van der Waals surface area contributed by atoms with Gasteiger partial charge in [0.1, 0.15) is 6.33 Å². The molecule has 29 heavy (non-hydrogen) atoms. The summed E-state index contributed by atoms with van der Waals surface area (Å²) in [6.45, 7) is 0. The van der Waals surface area contributed by atoms with Crippen LogP contribution in [0.3, 0.4) is 0 Å². The normalized spacial score (nSPS) is 12.1. The molecule has 2 amide bonds. The van der Waals surface area contributed by atoms with Crippen molar-refractivity contribution in [2.75, 3.05) is 5.32 Å². The Balaban J connectivity index is 1.95. The van der Waals surface area contributed by atoms with E-state index in [4.69, 9.17) is 5.73 Å². The Bertz CT molecular complexity index is 1040. The van der Waals surface area contributed by atoms with Crippen LogP contribution in [0.4, 0.5) is 36.8 Å². The van der Waals surface area contributed by atoms with Crippen LogP contribution in [0, 0.1) is 0 Å². The van der Waals surface area contributed by atoms with Gasteiger partial charge in [-0.2, -0.15) is 26.3 Å². The van der Waals surface area contributed by atoms with Gasteiger partial charge in [0.15, 0.2) is 11.6 Å². The number of alkyl halides is 6. The van der Waals surface area contributed by atoms with Crippen molar-refractivity contribution in [2.45, 2.75) is 12.4 Å². The van der Waals surface area contributed by atoms with Crippen molar-refractivity contribution in [2.24, 2.45) is 5.73 Å². The third kappa shape index (κ3) is 4.44. The molecule has 3 aromatic rings. The molecule has 7 nitrogen and oxygen atoms in total. The number of amides is 2. The van der Waals surface area contributed by atoms with Crippen molar-refractivity contribution >= 4 is 11.7 Å². The topological polar surface area (TPSA) is 98.7 Å². The van der Waals surface area contributed by atoms with E-state index < -0.39 is 35.2 Å². The number of pyridine rings is 1. The first kappa shape index (κ1) is 20.1. The first-order chi connectivity index (χ1) is 13.4. The molecule has 0 aliphatic heterocycles. The van der Waals surface area contributed by atoms with Crippen LogP contribution in [-0.2, 0) is 12.4 Å². The largest absolute Gasteiger partial charge is 0.418 e. The Morgan fingerprint density at radius 3 is 2.28 bits per heavy atom. The van der Waals surface area contributed by atoms with E-state index in [1.807, 2.05) is 5.32 Å². The molecule has 2 heterocycles. The van der Waals surface area contributed by atoms with Gasteiger partial charge >= 0.3 is 18.4 Å². The molecule has 0 fully saturated rings. The maximum Gasteiger partial charge on any atom is 0.418 e. The lowest BCUT2D eigenvalue weighted by Crippen LogP contribution is -2.22. The van der Waals surface area contributed by atoms with Gasteiger partial charge in [-0.15, -0.1) is 5.10 Å². The number of anilines is 1. The maximum atomic E-state index is 13.3. The molecule has 0 unspecified atom stereocenters. The lowest BCUT2D eigenvalue weighted by atomic mass is 10.1. The Morgan fingerprint density at radius 1 is 1.00 bits per heavy atom. The molecule has 13 heteroatoms.